The average Bonchev–Trinajstić information content (AvgIpc) is 2.77. The summed E-state index contributed by atoms with van der Waals surface area (Å²) in [6.07, 6.45) is 2.44. The number of H-pyrrole nitrogens is 1. The Morgan fingerprint density at radius 1 is 1.73 bits per heavy atom. The third kappa shape index (κ3) is 2.76. The summed E-state index contributed by atoms with van der Waals surface area (Å²) in [5, 5.41) is 9.10. The molecule has 1 atom stereocenters. The molecular formula is C9H14N4O2. The highest BCUT2D eigenvalue weighted by Gasteiger charge is 2.19. The highest BCUT2D eigenvalue weighted by atomic mass is 16.5. The zero-order valence-corrected chi connectivity index (χ0v) is 8.62. The predicted octanol–water partition coefficient (Wildman–Crippen LogP) is 0.621. The summed E-state index contributed by atoms with van der Waals surface area (Å²) in [6, 6.07) is 0. The van der Waals surface area contributed by atoms with Gasteiger partial charge in [0, 0.05) is 6.61 Å². The van der Waals surface area contributed by atoms with E-state index in [2.05, 4.69) is 20.5 Å². The zero-order chi connectivity index (χ0) is 10.7. The minimum absolute atomic E-state index is 0.0602. The molecular weight excluding hydrogens is 196 g/mol. The van der Waals surface area contributed by atoms with Crippen LogP contribution in [0.15, 0.2) is 0 Å². The van der Waals surface area contributed by atoms with Crippen molar-refractivity contribution in [3.05, 3.63) is 5.82 Å². The number of ether oxygens (including phenoxy) is 1. The Morgan fingerprint density at radius 2 is 2.60 bits per heavy atom. The lowest BCUT2D eigenvalue weighted by atomic mass is 10.2. The van der Waals surface area contributed by atoms with Gasteiger partial charge in [-0.05, 0) is 19.8 Å². The molecule has 1 saturated heterocycles. The maximum atomic E-state index is 11.5. The first-order valence-corrected chi connectivity index (χ1v) is 5.04. The van der Waals surface area contributed by atoms with Crippen LogP contribution in [0.5, 0.6) is 0 Å². The first-order chi connectivity index (χ1) is 7.24. The van der Waals surface area contributed by atoms with Crippen LogP contribution in [-0.4, -0.2) is 33.8 Å². The number of hydrogen-bond acceptors (Lipinski definition) is 4. The van der Waals surface area contributed by atoms with E-state index in [4.69, 9.17) is 4.74 Å². The summed E-state index contributed by atoms with van der Waals surface area (Å²) in [5.74, 6) is 0.916. The van der Waals surface area contributed by atoms with E-state index in [-0.39, 0.29) is 12.0 Å². The van der Waals surface area contributed by atoms with Crippen LogP contribution in [0.3, 0.4) is 0 Å². The molecule has 1 amide bonds. The van der Waals surface area contributed by atoms with Crippen LogP contribution in [-0.2, 0) is 9.53 Å². The smallest absolute Gasteiger partial charge is 0.248 e. The van der Waals surface area contributed by atoms with Crippen LogP contribution in [0.2, 0.25) is 0 Å². The Balaban J connectivity index is 1.81. The van der Waals surface area contributed by atoms with Crippen molar-refractivity contribution in [1.82, 2.24) is 15.2 Å². The molecule has 0 radical (unpaired) electrons. The maximum absolute atomic E-state index is 11.5. The van der Waals surface area contributed by atoms with Crippen molar-refractivity contribution in [1.29, 1.82) is 0 Å². The van der Waals surface area contributed by atoms with Crippen molar-refractivity contribution in [2.24, 2.45) is 0 Å². The Kier molecular flexibility index (Phi) is 2.96. The van der Waals surface area contributed by atoms with Crippen LogP contribution >= 0.6 is 0 Å². The standard InChI is InChI=1S/C9H14N4O2/c1-6-10-9(13-12-6)11-8(14)5-7-3-2-4-15-7/h7H,2-5H2,1H3,(H2,10,11,12,13,14). The molecule has 82 valence electrons. The SMILES string of the molecule is Cc1nc(NC(=O)CC2CCCO2)n[nH]1. The number of carbonyl (C=O) groups excluding carboxylic acids is 1. The van der Waals surface area contributed by atoms with Crippen LogP contribution in [0.25, 0.3) is 0 Å². The molecule has 1 aromatic heterocycles. The minimum Gasteiger partial charge on any atom is -0.378 e. The van der Waals surface area contributed by atoms with Gasteiger partial charge in [0.1, 0.15) is 5.82 Å². The second-order valence-electron chi connectivity index (χ2n) is 3.63. The van der Waals surface area contributed by atoms with E-state index < -0.39 is 0 Å². The van der Waals surface area contributed by atoms with Gasteiger partial charge in [-0.25, -0.2) is 0 Å². The van der Waals surface area contributed by atoms with Crippen LogP contribution in [0.4, 0.5) is 5.95 Å². The molecule has 0 spiro atoms. The van der Waals surface area contributed by atoms with E-state index in [1.54, 1.807) is 6.92 Å². The lowest BCUT2D eigenvalue weighted by Gasteiger charge is -2.07. The number of hydrogen-bond donors (Lipinski definition) is 2. The topological polar surface area (TPSA) is 79.9 Å². The lowest BCUT2D eigenvalue weighted by Crippen LogP contribution is -2.19. The number of aromatic amines is 1. The van der Waals surface area contributed by atoms with E-state index in [9.17, 15) is 4.79 Å². The molecule has 1 aliphatic heterocycles. The van der Waals surface area contributed by atoms with E-state index in [1.807, 2.05) is 0 Å². The number of carbonyl (C=O) groups is 1. The molecule has 0 aromatic carbocycles. The fraction of sp³-hybridized carbons (Fsp3) is 0.667. The van der Waals surface area contributed by atoms with Gasteiger partial charge < -0.3 is 4.74 Å². The van der Waals surface area contributed by atoms with Gasteiger partial charge in [-0.3, -0.25) is 15.2 Å². The summed E-state index contributed by atoms with van der Waals surface area (Å²) in [5.41, 5.74) is 0. The maximum Gasteiger partial charge on any atom is 0.248 e. The second kappa shape index (κ2) is 4.39. The van der Waals surface area contributed by atoms with Crippen molar-refractivity contribution in [3.8, 4) is 0 Å². The van der Waals surface area contributed by atoms with Crippen LogP contribution in [0, 0.1) is 6.92 Å². The van der Waals surface area contributed by atoms with E-state index in [0.29, 0.717) is 18.2 Å². The number of aromatic nitrogens is 3. The number of rotatable bonds is 3. The van der Waals surface area contributed by atoms with E-state index in [1.165, 1.54) is 0 Å². The van der Waals surface area contributed by atoms with Gasteiger partial charge in [0.05, 0.1) is 12.5 Å². The van der Waals surface area contributed by atoms with Gasteiger partial charge in [-0.15, -0.1) is 5.10 Å². The molecule has 1 unspecified atom stereocenters. The number of amides is 1. The quantitative estimate of drug-likeness (QED) is 0.766. The van der Waals surface area contributed by atoms with E-state index >= 15 is 0 Å². The Labute approximate surface area is 87.4 Å². The fourth-order valence-electron chi connectivity index (χ4n) is 1.59. The molecule has 15 heavy (non-hydrogen) atoms. The first-order valence-electron chi connectivity index (χ1n) is 5.04. The summed E-state index contributed by atoms with van der Waals surface area (Å²) in [4.78, 5) is 15.5. The fourth-order valence-corrected chi connectivity index (χ4v) is 1.59. The molecule has 2 rings (SSSR count). The number of aryl methyl sites for hydroxylation is 1. The molecule has 1 fully saturated rings. The molecule has 0 saturated carbocycles. The summed E-state index contributed by atoms with van der Waals surface area (Å²) in [7, 11) is 0. The Bertz CT molecular complexity index is 344. The molecule has 6 nitrogen and oxygen atoms in total. The van der Waals surface area contributed by atoms with Crippen molar-refractivity contribution in [3.63, 3.8) is 0 Å². The van der Waals surface area contributed by atoms with Crippen molar-refractivity contribution < 1.29 is 9.53 Å². The molecule has 1 aromatic rings. The molecule has 2 N–H and O–H groups in total. The van der Waals surface area contributed by atoms with Gasteiger partial charge in [-0.1, -0.05) is 0 Å². The van der Waals surface area contributed by atoms with Gasteiger partial charge in [0.15, 0.2) is 0 Å². The molecule has 2 heterocycles. The van der Waals surface area contributed by atoms with E-state index in [0.717, 1.165) is 19.4 Å². The highest BCUT2D eigenvalue weighted by molar-refractivity contribution is 5.89. The van der Waals surface area contributed by atoms with Crippen molar-refractivity contribution in [2.75, 3.05) is 11.9 Å². The number of anilines is 1. The van der Waals surface area contributed by atoms with Crippen LogP contribution < -0.4 is 5.32 Å². The lowest BCUT2D eigenvalue weighted by molar-refractivity contribution is -0.118. The summed E-state index contributed by atoms with van der Waals surface area (Å²) < 4.78 is 5.36. The normalized spacial score (nSPS) is 20.5. The van der Waals surface area contributed by atoms with Crippen molar-refractivity contribution in [2.45, 2.75) is 32.3 Å². The van der Waals surface area contributed by atoms with Gasteiger partial charge in [0.25, 0.3) is 0 Å². The molecule has 0 aliphatic carbocycles. The van der Waals surface area contributed by atoms with Gasteiger partial charge >= 0.3 is 0 Å². The molecule has 6 heteroatoms. The number of nitrogens with zero attached hydrogens (tertiary/aromatic N) is 2. The minimum atomic E-state index is -0.0964. The van der Waals surface area contributed by atoms with Gasteiger partial charge in [-0.2, -0.15) is 4.98 Å². The third-order valence-corrected chi connectivity index (χ3v) is 2.29. The first kappa shape index (κ1) is 10.1. The Hall–Kier alpha value is -1.43. The van der Waals surface area contributed by atoms with Crippen LogP contribution in [0.1, 0.15) is 25.1 Å². The second-order valence-corrected chi connectivity index (χ2v) is 3.63. The van der Waals surface area contributed by atoms with Crippen molar-refractivity contribution >= 4 is 11.9 Å². The molecule has 0 bridgehead atoms. The molecule has 1 aliphatic rings. The highest BCUT2D eigenvalue weighted by Crippen LogP contribution is 2.15. The zero-order valence-electron chi connectivity index (χ0n) is 8.62. The third-order valence-electron chi connectivity index (χ3n) is 2.29. The monoisotopic (exact) mass is 210 g/mol. The largest absolute Gasteiger partial charge is 0.378 e. The predicted molar refractivity (Wildman–Crippen MR) is 53.3 cm³/mol. The number of nitrogens with one attached hydrogen (secondary N) is 2. The summed E-state index contributed by atoms with van der Waals surface area (Å²) >= 11 is 0. The average molecular weight is 210 g/mol. The van der Waals surface area contributed by atoms with Gasteiger partial charge in [0.2, 0.25) is 11.9 Å². The Morgan fingerprint density at radius 3 is 3.20 bits per heavy atom. The summed E-state index contributed by atoms with van der Waals surface area (Å²) in [6.45, 7) is 2.54.